The zero-order valence-electron chi connectivity index (χ0n) is 11.3. The van der Waals surface area contributed by atoms with Gasteiger partial charge < -0.3 is 15.2 Å². The third-order valence-corrected chi connectivity index (χ3v) is 2.53. The standard InChI is InChI=1S/C14H18FNO4/c1-10(9-14(18)19)16-13(17)7-4-8-20-12-6-3-2-5-11(12)15/h2-3,5-6,10H,4,7-9H2,1H3,(H,16,17)(H,18,19)/t10-/m0/s1. The first-order valence-electron chi connectivity index (χ1n) is 6.37. The SMILES string of the molecule is C[C@@H](CC(=O)O)NC(=O)CCCOc1ccccc1F. The smallest absolute Gasteiger partial charge is 0.305 e. The van der Waals surface area contributed by atoms with Crippen LogP contribution in [0, 0.1) is 5.82 Å². The van der Waals surface area contributed by atoms with Crippen molar-refractivity contribution in [1.82, 2.24) is 5.32 Å². The molecule has 6 heteroatoms. The first kappa shape index (κ1) is 15.9. The van der Waals surface area contributed by atoms with Crippen molar-refractivity contribution in [2.75, 3.05) is 6.61 Å². The summed E-state index contributed by atoms with van der Waals surface area (Å²) >= 11 is 0. The minimum absolute atomic E-state index is 0.114. The molecule has 0 saturated heterocycles. The van der Waals surface area contributed by atoms with Crippen LogP contribution in [0.25, 0.3) is 0 Å². The summed E-state index contributed by atoms with van der Waals surface area (Å²) in [5.74, 6) is -1.48. The van der Waals surface area contributed by atoms with Gasteiger partial charge in [0.1, 0.15) is 0 Å². The Kier molecular flexibility index (Phi) is 6.49. The van der Waals surface area contributed by atoms with E-state index in [-0.39, 0.29) is 31.1 Å². The summed E-state index contributed by atoms with van der Waals surface area (Å²) in [6, 6.07) is 5.64. The molecule has 110 valence electrons. The highest BCUT2D eigenvalue weighted by molar-refractivity contribution is 5.77. The summed E-state index contributed by atoms with van der Waals surface area (Å²) < 4.78 is 18.4. The molecule has 1 rings (SSSR count). The fourth-order valence-electron chi connectivity index (χ4n) is 1.64. The van der Waals surface area contributed by atoms with Crippen LogP contribution in [-0.4, -0.2) is 29.6 Å². The number of halogens is 1. The number of rotatable bonds is 8. The highest BCUT2D eigenvalue weighted by Gasteiger charge is 2.10. The molecule has 20 heavy (non-hydrogen) atoms. The van der Waals surface area contributed by atoms with Gasteiger partial charge in [-0.2, -0.15) is 0 Å². The fourth-order valence-corrected chi connectivity index (χ4v) is 1.64. The molecule has 1 aromatic carbocycles. The summed E-state index contributed by atoms with van der Waals surface area (Å²) in [7, 11) is 0. The Balaban J connectivity index is 2.19. The molecule has 5 nitrogen and oxygen atoms in total. The molecule has 0 bridgehead atoms. The predicted octanol–water partition coefficient (Wildman–Crippen LogP) is 1.96. The molecule has 0 aliphatic carbocycles. The number of carbonyl (C=O) groups is 2. The van der Waals surface area contributed by atoms with E-state index < -0.39 is 17.8 Å². The van der Waals surface area contributed by atoms with Crippen LogP contribution >= 0.6 is 0 Å². The summed E-state index contributed by atoms with van der Waals surface area (Å²) in [4.78, 5) is 21.9. The third-order valence-electron chi connectivity index (χ3n) is 2.53. The van der Waals surface area contributed by atoms with Gasteiger partial charge in [0.15, 0.2) is 11.6 Å². The minimum Gasteiger partial charge on any atom is -0.491 e. The van der Waals surface area contributed by atoms with E-state index in [9.17, 15) is 14.0 Å². The normalized spacial score (nSPS) is 11.7. The Bertz CT molecular complexity index is 464. The Hall–Kier alpha value is -2.11. The first-order valence-corrected chi connectivity index (χ1v) is 6.37. The summed E-state index contributed by atoms with van der Waals surface area (Å²) in [5.41, 5.74) is 0. The molecule has 1 aromatic rings. The average molecular weight is 283 g/mol. The molecule has 0 aliphatic heterocycles. The van der Waals surface area contributed by atoms with E-state index in [4.69, 9.17) is 9.84 Å². The van der Waals surface area contributed by atoms with Crippen LogP contribution in [0.2, 0.25) is 0 Å². The number of amides is 1. The van der Waals surface area contributed by atoms with Crippen LogP contribution in [0.15, 0.2) is 24.3 Å². The van der Waals surface area contributed by atoms with Crippen LogP contribution in [0.5, 0.6) is 5.75 Å². The largest absolute Gasteiger partial charge is 0.491 e. The Morgan fingerprint density at radius 3 is 2.75 bits per heavy atom. The van der Waals surface area contributed by atoms with Gasteiger partial charge in [0, 0.05) is 12.5 Å². The number of para-hydroxylation sites is 1. The maximum absolute atomic E-state index is 13.2. The van der Waals surface area contributed by atoms with Gasteiger partial charge in [-0.1, -0.05) is 12.1 Å². The van der Waals surface area contributed by atoms with Crippen molar-refractivity contribution in [3.63, 3.8) is 0 Å². The first-order chi connectivity index (χ1) is 9.49. The summed E-state index contributed by atoms with van der Waals surface area (Å²) in [6.07, 6.45) is 0.524. The van der Waals surface area contributed by atoms with Gasteiger partial charge in [-0.05, 0) is 25.5 Å². The minimum atomic E-state index is -0.958. The molecule has 0 aliphatic rings. The third kappa shape index (κ3) is 6.17. The number of nitrogens with one attached hydrogen (secondary N) is 1. The lowest BCUT2D eigenvalue weighted by molar-refractivity contribution is -0.137. The second-order valence-electron chi connectivity index (χ2n) is 4.45. The van der Waals surface area contributed by atoms with Gasteiger partial charge in [-0.3, -0.25) is 9.59 Å². The van der Waals surface area contributed by atoms with Crippen LogP contribution in [0.1, 0.15) is 26.2 Å². The maximum atomic E-state index is 13.2. The number of ether oxygens (including phenoxy) is 1. The van der Waals surface area contributed by atoms with Gasteiger partial charge in [0.2, 0.25) is 5.91 Å². The number of carboxylic acid groups (broad SMARTS) is 1. The van der Waals surface area contributed by atoms with Crippen LogP contribution < -0.4 is 10.1 Å². The van der Waals surface area contributed by atoms with Gasteiger partial charge in [0.25, 0.3) is 0 Å². The van der Waals surface area contributed by atoms with E-state index in [1.54, 1.807) is 19.1 Å². The van der Waals surface area contributed by atoms with Gasteiger partial charge in [0.05, 0.1) is 13.0 Å². The fraction of sp³-hybridized carbons (Fsp3) is 0.429. The quantitative estimate of drug-likeness (QED) is 0.715. The van der Waals surface area contributed by atoms with E-state index in [1.165, 1.54) is 12.1 Å². The van der Waals surface area contributed by atoms with Crippen molar-refractivity contribution in [1.29, 1.82) is 0 Å². The van der Waals surface area contributed by atoms with Crippen molar-refractivity contribution in [2.45, 2.75) is 32.2 Å². The van der Waals surface area contributed by atoms with Gasteiger partial charge in [-0.25, -0.2) is 4.39 Å². The second-order valence-corrected chi connectivity index (χ2v) is 4.45. The number of benzene rings is 1. The monoisotopic (exact) mass is 283 g/mol. The molecule has 1 amide bonds. The van der Waals surface area contributed by atoms with E-state index >= 15 is 0 Å². The predicted molar refractivity (Wildman–Crippen MR) is 71.0 cm³/mol. The molecule has 0 unspecified atom stereocenters. The lowest BCUT2D eigenvalue weighted by Crippen LogP contribution is -2.34. The lowest BCUT2D eigenvalue weighted by Gasteiger charge is -2.11. The molecule has 0 saturated carbocycles. The van der Waals surface area contributed by atoms with Gasteiger partial charge >= 0.3 is 5.97 Å². The van der Waals surface area contributed by atoms with Crippen LogP contribution in [0.4, 0.5) is 4.39 Å². The highest BCUT2D eigenvalue weighted by Crippen LogP contribution is 2.15. The van der Waals surface area contributed by atoms with Crippen molar-refractivity contribution in [3.05, 3.63) is 30.1 Å². The van der Waals surface area contributed by atoms with Crippen molar-refractivity contribution < 1.29 is 23.8 Å². The van der Waals surface area contributed by atoms with Gasteiger partial charge in [-0.15, -0.1) is 0 Å². The molecule has 0 radical (unpaired) electrons. The number of carbonyl (C=O) groups excluding carboxylic acids is 1. The topological polar surface area (TPSA) is 75.6 Å². The molecule has 2 N–H and O–H groups in total. The number of aliphatic carboxylic acids is 1. The maximum Gasteiger partial charge on any atom is 0.305 e. The zero-order chi connectivity index (χ0) is 15.0. The molecule has 0 fully saturated rings. The second kappa shape index (κ2) is 8.14. The molecule has 0 spiro atoms. The molecular weight excluding hydrogens is 265 g/mol. The molecule has 0 aromatic heterocycles. The number of carboxylic acids is 1. The molecule has 1 atom stereocenters. The highest BCUT2D eigenvalue weighted by atomic mass is 19.1. The van der Waals surface area contributed by atoms with E-state index in [2.05, 4.69) is 5.32 Å². The zero-order valence-corrected chi connectivity index (χ0v) is 11.3. The van der Waals surface area contributed by atoms with E-state index in [0.29, 0.717) is 6.42 Å². The van der Waals surface area contributed by atoms with E-state index in [0.717, 1.165) is 0 Å². The average Bonchev–Trinajstić information content (AvgIpc) is 2.35. The molecular formula is C14H18FNO4. The Morgan fingerprint density at radius 1 is 1.40 bits per heavy atom. The van der Waals surface area contributed by atoms with Crippen molar-refractivity contribution >= 4 is 11.9 Å². The van der Waals surface area contributed by atoms with Crippen LogP contribution in [0.3, 0.4) is 0 Å². The van der Waals surface area contributed by atoms with Crippen molar-refractivity contribution in [2.24, 2.45) is 0 Å². The summed E-state index contributed by atoms with van der Waals surface area (Å²) in [5, 5.41) is 11.1. The number of hydrogen-bond donors (Lipinski definition) is 2. The number of hydrogen-bond acceptors (Lipinski definition) is 3. The van der Waals surface area contributed by atoms with E-state index in [1.807, 2.05) is 0 Å². The van der Waals surface area contributed by atoms with Crippen molar-refractivity contribution in [3.8, 4) is 5.75 Å². The van der Waals surface area contributed by atoms with Crippen LogP contribution in [-0.2, 0) is 9.59 Å². The Labute approximate surface area is 116 Å². The molecule has 0 heterocycles. The Morgan fingerprint density at radius 2 is 2.10 bits per heavy atom. The summed E-state index contributed by atoms with van der Waals surface area (Å²) in [6.45, 7) is 1.85. The lowest BCUT2D eigenvalue weighted by atomic mass is 10.2.